The van der Waals surface area contributed by atoms with Crippen molar-refractivity contribution in [3.05, 3.63) is 82.9 Å². The third-order valence-electron chi connectivity index (χ3n) is 13.0. The number of carbonyl (C=O) groups excluding carboxylic acids is 6. The van der Waals surface area contributed by atoms with Crippen LogP contribution in [0.25, 0.3) is 0 Å². The van der Waals surface area contributed by atoms with Gasteiger partial charge in [-0.25, -0.2) is 9.59 Å². The second-order valence-electron chi connectivity index (χ2n) is 18.3. The van der Waals surface area contributed by atoms with Gasteiger partial charge in [-0.2, -0.15) is 0 Å². The van der Waals surface area contributed by atoms with Gasteiger partial charge in [0, 0.05) is 43.6 Å². The van der Waals surface area contributed by atoms with Crippen LogP contribution in [0.4, 0.5) is 4.79 Å². The first kappa shape index (κ1) is 45.4. The molecule has 2 unspecified atom stereocenters. The van der Waals surface area contributed by atoms with Crippen molar-refractivity contribution in [2.45, 2.75) is 135 Å². The number of benzene rings is 2. The molecule has 0 radical (unpaired) electrons. The first-order chi connectivity index (χ1) is 28.4. The van der Waals surface area contributed by atoms with Crippen molar-refractivity contribution in [3.63, 3.8) is 0 Å². The highest BCUT2D eigenvalue weighted by Gasteiger charge is 2.77. The first-order valence-electron chi connectivity index (χ1n) is 20.3. The van der Waals surface area contributed by atoms with E-state index in [1.54, 1.807) is 83.1 Å². The lowest BCUT2D eigenvalue weighted by Gasteiger charge is -2.68. The molecule has 1 saturated heterocycles. The predicted molar refractivity (Wildman–Crippen MR) is 215 cm³/mol. The van der Waals surface area contributed by atoms with Crippen molar-refractivity contribution in [2.24, 2.45) is 16.7 Å². The molecule has 0 aromatic heterocycles. The summed E-state index contributed by atoms with van der Waals surface area (Å²) in [6, 6.07) is 13.2. The van der Waals surface area contributed by atoms with E-state index < -0.39 is 118 Å². The number of aliphatic hydroxyl groups excluding tert-OH is 2. The van der Waals surface area contributed by atoms with Crippen LogP contribution in [0.1, 0.15) is 97.1 Å². The van der Waals surface area contributed by atoms with Crippen molar-refractivity contribution >= 4 is 35.7 Å². The molecule has 4 aliphatic rings. The normalized spacial score (nSPS) is 32.5. The fourth-order valence-corrected chi connectivity index (χ4v) is 10.00. The molecule has 2 aromatic rings. The van der Waals surface area contributed by atoms with E-state index in [1.807, 2.05) is 0 Å². The van der Waals surface area contributed by atoms with Crippen molar-refractivity contribution in [1.29, 1.82) is 0 Å². The minimum absolute atomic E-state index is 0.0274. The largest absolute Gasteiger partial charge is 0.456 e. The zero-order chi connectivity index (χ0) is 45.0. The summed E-state index contributed by atoms with van der Waals surface area (Å²) in [7, 11) is 0. The Labute approximate surface area is 354 Å². The number of hydrogen-bond donors (Lipinski definition) is 5. The zero-order valence-corrected chi connectivity index (χ0v) is 35.8. The van der Waals surface area contributed by atoms with Crippen LogP contribution in [0.3, 0.4) is 0 Å². The summed E-state index contributed by atoms with van der Waals surface area (Å²) in [5, 5.41) is 43.0. The number of aliphatic hydroxyl groups is 3. The Morgan fingerprint density at radius 3 is 2.07 bits per heavy atom. The van der Waals surface area contributed by atoms with Gasteiger partial charge in [-0.15, -0.1) is 0 Å². The quantitative estimate of drug-likeness (QED) is 0.138. The van der Waals surface area contributed by atoms with Crippen LogP contribution in [0.15, 0.2) is 71.8 Å². The molecular weight excluding hydrogens is 792 g/mol. The van der Waals surface area contributed by atoms with Crippen LogP contribution in [0.2, 0.25) is 0 Å². The maximum Gasteiger partial charge on any atom is 0.408 e. The fourth-order valence-electron chi connectivity index (χ4n) is 10.00. The second-order valence-corrected chi connectivity index (χ2v) is 18.3. The molecule has 11 atom stereocenters. The summed E-state index contributed by atoms with van der Waals surface area (Å²) in [5.74, 6) is -5.84. The Kier molecular flexibility index (Phi) is 12.1. The van der Waals surface area contributed by atoms with E-state index in [2.05, 4.69) is 10.6 Å². The Bertz CT molecular complexity index is 2100. The third kappa shape index (κ3) is 7.94. The highest BCUT2D eigenvalue weighted by Crippen LogP contribution is 2.63. The van der Waals surface area contributed by atoms with Gasteiger partial charge in [-0.05, 0) is 63.5 Å². The number of amides is 2. The highest BCUT2D eigenvalue weighted by atomic mass is 16.6. The van der Waals surface area contributed by atoms with E-state index in [0.717, 1.165) is 6.92 Å². The van der Waals surface area contributed by atoms with Gasteiger partial charge >= 0.3 is 24.0 Å². The topological polar surface area (TPSA) is 233 Å². The van der Waals surface area contributed by atoms with Gasteiger partial charge in [-0.1, -0.05) is 62.4 Å². The number of hydrogen-bond acceptors (Lipinski definition) is 14. The number of esters is 3. The molecule has 2 aromatic carbocycles. The lowest BCUT2D eigenvalue weighted by Crippen LogP contribution is -2.83. The summed E-state index contributed by atoms with van der Waals surface area (Å²) in [6.07, 6.45) is -9.44. The lowest BCUT2D eigenvalue weighted by molar-refractivity contribution is -0.332. The Balaban J connectivity index is 1.54. The molecule has 1 heterocycles. The number of alkyl carbamates (subject to hydrolysis) is 1. The number of ketones is 1. The van der Waals surface area contributed by atoms with Crippen LogP contribution >= 0.6 is 0 Å². The molecule has 2 amide bonds. The van der Waals surface area contributed by atoms with E-state index in [0.29, 0.717) is 5.56 Å². The van der Waals surface area contributed by atoms with Gasteiger partial charge in [0.15, 0.2) is 23.6 Å². The number of carbonyl (C=O) groups is 6. The van der Waals surface area contributed by atoms with Gasteiger partial charge in [0.1, 0.15) is 17.8 Å². The molecular formula is C45H56N2O14. The molecule has 5 N–H and O–H groups in total. The second kappa shape index (κ2) is 16.3. The van der Waals surface area contributed by atoms with Gasteiger partial charge in [0.2, 0.25) is 0 Å². The minimum Gasteiger partial charge on any atom is -0.456 e. The zero-order valence-electron chi connectivity index (χ0n) is 35.8. The van der Waals surface area contributed by atoms with Crippen molar-refractivity contribution in [3.8, 4) is 0 Å². The summed E-state index contributed by atoms with van der Waals surface area (Å²) < 4.78 is 29.3. The molecule has 330 valence electrons. The number of Topliss-reactive ketones (excluding diaryl/α,β-unsaturated/α-hetero) is 1. The van der Waals surface area contributed by atoms with Gasteiger partial charge in [-0.3, -0.25) is 19.2 Å². The summed E-state index contributed by atoms with van der Waals surface area (Å²) in [5.41, 5.74) is -7.81. The predicted octanol–water partition coefficient (Wildman–Crippen LogP) is 3.40. The molecule has 1 aliphatic heterocycles. The molecule has 61 heavy (non-hydrogen) atoms. The molecule has 6 rings (SSSR count). The maximum absolute atomic E-state index is 15.5. The molecule has 0 spiro atoms. The van der Waals surface area contributed by atoms with Crippen molar-refractivity contribution in [1.82, 2.24) is 10.6 Å². The van der Waals surface area contributed by atoms with Gasteiger partial charge in [0.05, 0.1) is 35.8 Å². The molecule has 16 heteroatoms. The number of nitrogens with one attached hydrogen (secondary N) is 2. The molecule has 2 bridgehead atoms. The smallest absolute Gasteiger partial charge is 0.408 e. The van der Waals surface area contributed by atoms with Crippen molar-refractivity contribution < 1.29 is 67.8 Å². The van der Waals surface area contributed by atoms with Crippen LogP contribution < -0.4 is 10.6 Å². The summed E-state index contributed by atoms with van der Waals surface area (Å²) in [6.45, 7) is 13.1. The number of fused-ring (bicyclic) bond motifs is 5. The molecule has 16 nitrogen and oxygen atoms in total. The monoisotopic (exact) mass is 848 g/mol. The molecule has 3 aliphatic carbocycles. The van der Waals surface area contributed by atoms with Crippen LogP contribution in [-0.4, -0.2) is 111 Å². The van der Waals surface area contributed by atoms with E-state index in [4.69, 9.17) is 23.7 Å². The number of rotatable bonds is 9. The van der Waals surface area contributed by atoms with Crippen LogP contribution in [0, 0.1) is 16.7 Å². The molecule has 3 fully saturated rings. The van der Waals surface area contributed by atoms with Gasteiger partial charge in [0.25, 0.3) is 5.91 Å². The van der Waals surface area contributed by atoms with E-state index in [1.165, 1.54) is 32.9 Å². The van der Waals surface area contributed by atoms with Gasteiger partial charge < -0.3 is 49.6 Å². The fraction of sp³-hybridized carbons (Fsp3) is 0.556. The minimum atomic E-state index is -2.29. The van der Waals surface area contributed by atoms with E-state index in [9.17, 15) is 39.3 Å². The standard InChI is InChI=1S/C45H56N2O14/c1-23-28(59-39(54)33(51)32(26-16-12-10-13-17-26)46-40(55)61-41(4,5)6)21-45(56)36(47-38(53)27-18-14-11-15-19-27)35-43(9,29(50)20-30-44(35,22-57-30)60-25(3)49)37(52)34(58-24(2)48)31(23)42(45,7)8/h10-19,28-30,32-36,50-51,56H,20-22H2,1-9H3,(H,46,55)(H,47,53)/t28-,29-,30+,32-,33+,34+,35?,36?,43+,44-,45+/m0/s1. The summed E-state index contributed by atoms with van der Waals surface area (Å²) in [4.78, 5) is 83.0. The van der Waals surface area contributed by atoms with Crippen molar-refractivity contribution in [2.75, 3.05) is 6.61 Å². The lowest BCUT2D eigenvalue weighted by atomic mass is 9.44. The van der Waals surface area contributed by atoms with Crippen LogP contribution in [-0.2, 0) is 42.9 Å². The SMILES string of the molecule is CC(=O)O[C@H]1C(=O)[C@@]2(C)C(C(NC(=O)c3ccccc3)[C@]3(O)C[C@H](OC(=O)[C@H](O)[C@@H](NC(=O)OC(C)(C)C)c4ccccc4)C(C)=C1C3(C)C)[C@]1(OC(C)=O)CO[C@@H]1C[C@@H]2O. The average Bonchev–Trinajstić information content (AvgIpc) is 3.17. The Morgan fingerprint density at radius 1 is 0.918 bits per heavy atom. The molecule has 2 saturated carbocycles. The van der Waals surface area contributed by atoms with E-state index >= 15 is 4.79 Å². The Morgan fingerprint density at radius 2 is 1.52 bits per heavy atom. The first-order valence-corrected chi connectivity index (χ1v) is 20.3. The highest BCUT2D eigenvalue weighted by molar-refractivity contribution is 5.97. The maximum atomic E-state index is 15.5. The number of ether oxygens (including phenoxy) is 5. The Hall–Kier alpha value is -5.16. The summed E-state index contributed by atoms with van der Waals surface area (Å²) >= 11 is 0. The average molecular weight is 849 g/mol. The van der Waals surface area contributed by atoms with Crippen LogP contribution in [0.5, 0.6) is 0 Å². The van der Waals surface area contributed by atoms with E-state index in [-0.39, 0.29) is 29.7 Å². The third-order valence-corrected chi connectivity index (χ3v) is 13.0.